The molecule has 0 aromatic heterocycles. The van der Waals surface area contributed by atoms with Crippen molar-refractivity contribution in [3.05, 3.63) is 65.7 Å². The Morgan fingerprint density at radius 2 is 1.53 bits per heavy atom. The van der Waals surface area contributed by atoms with Gasteiger partial charge in [0.25, 0.3) is 0 Å². The summed E-state index contributed by atoms with van der Waals surface area (Å²) in [5.41, 5.74) is 8.10. The van der Waals surface area contributed by atoms with Crippen LogP contribution in [0, 0.1) is 0 Å². The molecule has 0 spiro atoms. The zero-order chi connectivity index (χ0) is 14.1. The minimum absolute atomic E-state index is 0.0825. The molecule has 0 radical (unpaired) electrons. The third-order valence-corrected chi connectivity index (χ3v) is 2.65. The summed E-state index contributed by atoms with van der Waals surface area (Å²) in [4.78, 5) is 0. The van der Waals surface area contributed by atoms with Gasteiger partial charge in [-0.15, -0.1) is 0 Å². The van der Waals surface area contributed by atoms with Crippen LogP contribution in [0.2, 0.25) is 0 Å². The van der Waals surface area contributed by atoms with Gasteiger partial charge in [0.05, 0.1) is 0 Å². The number of benzene rings is 2. The van der Waals surface area contributed by atoms with Crippen LogP contribution in [0.25, 0.3) is 0 Å². The molecule has 1 atom stereocenters. The summed E-state index contributed by atoms with van der Waals surface area (Å²) in [5.74, 6) is 0.892. The van der Waals surface area contributed by atoms with Crippen LogP contribution in [0.5, 0.6) is 5.75 Å². The standard InChI is InChI=1S/C15H17NO.C2H6/c1-12(16)14-9-7-13(8-10-14)11-17-15-5-3-2-4-6-15;1-2/h2-10,12H,11,16H2,1H3;1-2H3/t12-;/m0./s1. The topological polar surface area (TPSA) is 35.2 Å². The highest BCUT2D eigenvalue weighted by molar-refractivity contribution is 5.25. The summed E-state index contributed by atoms with van der Waals surface area (Å²) in [6, 6.07) is 18.1. The summed E-state index contributed by atoms with van der Waals surface area (Å²) in [6.45, 7) is 6.57. The maximum atomic E-state index is 5.80. The van der Waals surface area contributed by atoms with Crippen molar-refractivity contribution in [3.63, 3.8) is 0 Å². The van der Waals surface area contributed by atoms with Crippen molar-refractivity contribution in [3.8, 4) is 5.75 Å². The fourth-order valence-corrected chi connectivity index (χ4v) is 1.60. The Morgan fingerprint density at radius 3 is 2.05 bits per heavy atom. The minimum atomic E-state index is 0.0825. The lowest BCUT2D eigenvalue weighted by Crippen LogP contribution is -2.05. The smallest absolute Gasteiger partial charge is 0.119 e. The number of hydrogen-bond acceptors (Lipinski definition) is 2. The third-order valence-electron chi connectivity index (χ3n) is 2.65. The van der Waals surface area contributed by atoms with Crippen LogP contribution in [0.1, 0.15) is 37.9 Å². The lowest BCUT2D eigenvalue weighted by atomic mass is 10.1. The first-order valence-electron chi connectivity index (χ1n) is 6.78. The van der Waals surface area contributed by atoms with E-state index in [-0.39, 0.29) is 6.04 Å². The molecule has 0 aliphatic heterocycles. The van der Waals surface area contributed by atoms with Crippen LogP contribution in [0.4, 0.5) is 0 Å². The summed E-state index contributed by atoms with van der Waals surface area (Å²) in [7, 11) is 0. The molecular formula is C17H23NO. The van der Waals surface area contributed by atoms with E-state index in [1.807, 2.05) is 63.2 Å². The van der Waals surface area contributed by atoms with E-state index in [4.69, 9.17) is 10.5 Å². The van der Waals surface area contributed by atoms with Crippen LogP contribution in [0.3, 0.4) is 0 Å². The molecule has 2 nitrogen and oxygen atoms in total. The van der Waals surface area contributed by atoms with Gasteiger partial charge in [0.1, 0.15) is 12.4 Å². The van der Waals surface area contributed by atoms with Crippen molar-refractivity contribution in [2.45, 2.75) is 33.4 Å². The maximum Gasteiger partial charge on any atom is 0.119 e. The van der Waals surface area contributed by atoms with Gasteiger partial charge in [-0.25, -0.2) is 0 Å². The van der Waals surface area contributed by atoms with Crippen molar-refractivity contribution < 1.29 is 4.74 Å². The molecule has 0 saturated heterocycles. The fourth-order valence-electron chi connectivity index (χ4n) is 1.60. The quantitative estimate of drug-likeness (QED) is 0.885. The number of ether oxygens (including phenoxy) is 1. The minimum Gasteiger partial charge on any atom is -0.489 e. The van der Waals surface area contributed by atoms with E-state index in [1.54, 1.807) is 0 Å². The van der Waals surface area contributed by atoms with Crippen molar-refractivity contribution >= 4 is 0 Å². The van der Waals surface area contributed by atoms with Gasteiger partial charge in [0.2, 0.25) is 0 Å². The average molecular weight is 257 g/mol. The summed E-state index contributed by atoms with van der Waals surface area (Å²) < 4.78 is 5.66. The lowest BCUT2D eigenvalue weighted by molar-refractivity contribution is 0.306. The molecule has 0 unspecified atom stereocenters. The first-order chi connectivity index (χ1) is 9.25. The molecule has 2 heteroatoms. The van der Waals surface area contributed by atoms with Gasteiger partial charge in [0, 0.05) is 6.04 Å². The van der Waals surface area contributed by atoms with E-state index in [1.165, 1.54) is 0 Å². The second kappa shape index (κ2) is 8.33. The Kier molecular flexibility index (Phi) is 6.69. The van der Waals surface area contributed by atoms with E-state index >= 15 is 0 Å². The van der Waals surface area contributed by atoms with Gasteiger partial charge in [-0.05, 0) is 30.2 Å². The largest absolute Gasteiger partial charge is 0.489 e. The van der Waals surface area contributed by atoms with E-state index in [0.29, 0.717) is 6.61 Å². The van der Waals surface area contributed by atoms with Crippen molar-refractivity contribution in [1.82, 2.24) is 0 Å². The first kappa shape index (κ1) is 15.3. The van der Waals surface area contributed by atoms with E-state index in [9.17, 15) is 0 Å². The van der Waals surface area contributed by atoms with Gasteiger partial charge in [0.15, 0.2) is 0 Å². The Bertz CT molecular complexity index is 448. The molecule has 0 fully saturated rings. The van der Waals surface area contributed by atoms with Crippen molar-refractivity contribution in [1.29, 1.82) is 0 Å². The van der Waals surface area contributed by atoms with E-state index in [2.05, 4.69) is 12.1 Å². The SMILES string of the molecule is CC.C[C@H](N)c1ccc(COc2ccccc2)cc1. The second-order valence-corrected chi connectivity index (χ2v) is 4.13. The second-order valence-electron chi connectivity index (χ2n) is 4.13. The van der Waals surface area contributed by atoms with Gasteiger partial charge < -0.3 is 10.5 Å². The molecule has 19 heavy (non-hydrogen) atoms. The average Bonchev–Trinajstić information content (AvgIpc) is 2.49. The first-order valence-corrected chi connectivity index (χ1v) is 6.78. The molecule has 2 N–H and O–H groups in total. The molecule has 102 valence electrons. The number of para-hydroxylation sites is 1. The molecule has 0 heterocycles. The molecule has 2 rings (SSSR count). The highest BCUT2D eigenvalue weighted by Crippen LogP contribution is 2.14. The Morgan fingerprint density at radius 1 is 0.947 bits per heavy atom. The van der Waals surface area contributed by atoms with Gasteiger partial charge in [-0.2, -0.15) is 0 Å². The monoisotopic (exact) mass is 257 g/mol. The molecular weight excluding hydrogens is 234 g/mol. The Hall–Kier alpha value is -1.80. The van der Waals surface area contributed by atoms with Crippen LogP contribution in [-0.2, 0) is 6.61 Å². The Labute approximate surface area is 116 Å². The predicted molar refractivity (Wildman–Crippen MR) is 81.2 cm³/mol. The predicted octanol–water partition coefficient (Wildman–Crippen LogP) is 4.31. The number of hydrogen-bond donors (Lipinski definition) is 1. The van der Waals surface area contributed by atoms with Crippen LogP contribution in [-0.4, -0.2) is 0 Å². The molecule has 0 aliphatic carbocycles. The summed E-state index contributed by atoms with van der Waals surface area (Å²) in [6.07, 6.45) is 0. The normalized spacial score (nSPS) is 11.2. The molecule has 0 saturated carbocycles. The molecule has 0 bridgehead atoms. The van der Waals surface area contributed by atoms with E-state index < -0.39 is 0 Å². The number of rotatable bonds is 4. The fraction of sp³-hybridized carbons (Fsp3) is 0.294. The van der Waals surface area contributed by atoms with Gasteiger partial charge in [-0.1, -0.05) is 56.3 Å². The van der Waals surface area contributed by atoms with Crippen LogP contribution >= 0.6 is 0 Å². The highest BCUT2D eigenvalue weighted by Gasteiger charge is 1.99. The molecule has 0 amide bonds. The van der Waals surface area contributed by atoms with Crippen LogP contribution < -0.4 is 10.5 Å². The summed E-state index contributed by atoms with van der Waals surface area (Å²) in [5, 5.41) is 0. The zero-order valence-corrected chi connectivity index (χ0v) is 12.0. The lowest BCUT2D eigenvalue weighted by Gasteiger charge is -2.08. The Balaban J connectivity index is 0.000000861. The maximum absolute atomic E-state index is 5.80. The van der Waals surface area contributed by atoms with Gasteiger partial charge >= 0.3 is 0 Å². The molecule has 2 aromatic carbocycles. The summed E-state index contributed by atoms with van der Waals surface area (Å²) >= 11 is 0. The zero-order valence-electron chi connectivity index (χ0n) is 12.0. The van der Waals surface area contributed by atoms with Crippen molar-refractivity contribution in [2.24, 2.45) is 5.73 Å². The van der Waals surface area contributed by atoms with Gasteiger partial charge in [-0.3, -0.25) is 0 Å². The number of nitrogens with two attached hydrogens (primary N) is 1. The highest BCUT2D eigenvalue weighted by atomic mass is 16.5. The molecule has 0 aliphatic rings. The van der Waals surface area contributed by atoms with Crippen molar-refractivity contribution in [2.75, 3.05) is 0 Å². The molecule has 2 aromatic rings. The third kappa shape index (κ3) is 5.14. The van der Waals surface area contributed by atoms with E-state index in [0.717, 1.165) is 16.9 Å². The van der Waals surface area contributed by atoms with Crippen LogP contribution in [0.15, 0.2) is 54.6 Å².